The fourth-order valence-corrected chi connectivity index (χ4v) is 3.69. The third-order valence-electron chi connectivity index (χ3n) is 5.66. The number of hydrogen-bond donors (Lipinski definition) is 1. The van der Waals surface area contributed by atoms with Crippen LogP contribution in [-0.2, 0) is 18.3 Å². The maximum Gasteiger partial charge on any atom is 0.289 e. The van der Waals surface area contributed by atoms with Crippen molar-refractivity contribution in [3.8, 4) is 0 Å². The van der Waals surface area contributed by atoms with E-state index in [2.05, 4.69) is 20.4 Å². The van der Waals surface area contributed by atoms with E-state index in [-0.39, 0.29) is 12.0 Å². The van der Waals surface area contributed by atoms with Crippen molar-refractivity contribution >= 4 is 11.9 Å². The van der Waals surface area contributed by atoms with E-state index in [1.54, 1.807) is 12.1 Å². The fraction of sp³-hybridized carbons (Fsp3) is 0.600. The number of furan rings is 1. The predicted molar refractivity (Wildman–Crippen MR) is 110 cm³/mol. The van der Waals surface area contributed by atoms with Crippen LogP contribution in [0.15, 0.2) is 27.8 Å². The molecule has 0 aromatic carbocycles. The van der Waals surface area contributed by atoms with Gasteiger partial charge in [-0.05, 0) is 31.9 Å². The molecule has 2 aliphatic heterocycles. The second-order valence-electron chi connectivity index (χ2n) is 7.63. The number of aryl methyl sites for hydroxylation is 1. The molecule has 2 aromatic rings. The van der Waals surface area contributed by atoms with Crippen LogP contribution in [0.5, 0.6) is 0 Å². The van der Waals surface area contributed by atoms with Gasteiger partial charge in [0.05, 0.1) is 12.4 Å². The van der Waals surface area contributed by atoms with Crippen LogP contribution in [-0.4, -0.2) is 81.9 Å². The highest BCUT2D eigenvalue weighted by Gasteiger charge is 2.26. The molecule has 0 saturated carbocycles. The number of aliphatic imine (C=N–C) groups is 1. The van der Waals surface area contributed by atoms with E-state index in [1.807, 2.05) is 23.4 Å². The molecule has 1 N–H and O–H groups in total. The lowest BCUT2D eigenvalue weighted by molar-refractivity contribution is 0.0656. The molecule has 1 amide bonds. The number of piperazine rings is 1. The maximum atomic E-state index is 12.5. The van der Waals surface area contributed by atoms with Gasteiger partial charge in [-0.25, -0.2) is 4.99 Å². The number of carbonyl (C=O) groups is 1. The summed E-state index contributed by atoms with van der Waals surface area (Å²) in [5.74, 6) is 2.80. The monoisotopic (exact) mass is 415 g/mol. The Bertz CT molecular complexity index is 863. The van der Waals surface area contributed by atoms with Crippen LogP contribution >= 0.6 is 0 Å². The standard InChI is InChI=1S/C20H29N7O3/c1-15-23-24-18(25(15)2)14-22-20(21-13-16-5-3-11-29-16)27-9-7-26(8-10-27)19(28)17-6-4-12-30-17/h4,6,12,16H,3,5,7-11,13-14H2,1-2H3,(H,21,22). The zero-order valence-corrected chi connectivity index (χ0v) is 17.6. The van der Waals surface area contributed by atoms with Gasteiger partial charge in [-0.3, -0.25) is 4.79 Å². The van der Waals surface area contributed by atoms with Crippen LogP contribution in [0, 0.1) is 6.92 Å². The van der Waals surface area contributed by atoms with Crippen LogP contribution in [0.3, 0.4) is 0 Å². The van der Waals surface area contributed by atoms with E-state index >= 15 is 0 Å². The van der Waals surface area contributed by atoms with Crippen molar-refractivity contribution in [1.29, 1.82) is 0 Å². The first-order chi connectivity index (χ1) is 14.6. The van der Waals surface area contributed by atoms with Crippen molar-refractivity contribution in [1.82, 2.24) is 29.9 Å². The van der Waals surface area contributed by atoms with E-state index in [4.69, 9.17) is 14.1 Å². The minimum absolute atomic E-state index is 0.0694. The topological polar surface area (TPSA) is 101 Å². The number of guanidine groups is 1. The molecule has 0 spiro atoms. The average molecular weight is 415 g/mol. The Morgan fingerprint density at radius 1 is 1.27 bits per heavy atom. The van der Waals surface area contributed by atoms with Gasteiger partial charge in [0.25, 0.3) is 5.91 Å². The summed E-state index contributed by atoms with van der Waals surface area (Å²) in [5.41, 5.74) is 0. The molecule has 0 radical (unpaired) electrons. The molecule has 162 valence electrons. The molecule has 30 heavy (non-hydrogen) atoms. The van der Waals surface area contributed by atoms with Gasteiger partial charge in [-0.2, -0.15) is 0 Å². The Labute approximate surface area is 175 Å². The van der Waals surface area contributed by atoms with Crippen LogP contribution in [0.2, 0.25) is 0 Å². The molecule has 0 aliphatic carbocycles. The molecule has 4 rings (SSSR count). The summed E-state index contributed by atoms with van der Waals surface area (Å²) in [6.45, 7) is 6.53. The Morgan fingerprint density at radius 3 is 2.70 bits per heavy atom. The number of hydrogen-bond acceptors (Lipinski definition) is 6. The lowest BCUT2D eigenvalue weighted by Gasteiger charge is -2.36. The fourth-order valence-electron chi connectivity index (χ4n) is 3.69. The Balaban J connectivity index is 1.40. The average Bonchev–Trinajstić information content (AvgIpc) is 3.53. The first kappa shape index (κ1) is 20.4. The highest BCUT2D eigenvalue weighted by molar-refractivity contribution is 5.91. The molecule has 2 aliphatic rings. The van der Waals surface area contributed by atoms with Gasteiger partial charge < -0.3 is 28.8 Å². The Kier molecular flexibility index (Phi) is 6.32. The Morgan fingerprint density at radius 2 is 2.07 bits per heavy atom. The SMILES string of the molecule is Cc1nnc(CN=C(NCC2CCCO2)N2CCN(C(=O)c3ccco3)CC2)n1C. The molecule has 10 nitrogen and oxygen atoms in total. The van der Waals surface area contributed by atoms with Crippen molar-refractivity contribution in [2.75, 3.05) is 39.3 Å². The predicted octanol–water partition coefficient (Wildman–Crippen LogP) is 0.799. The van der Waals surface area contributed by atoms with Gasteiger partial charge in [0.1, 0.15) is 12.4 Å². The van der Waals surface area contributed by atoms with Gasteiger partial charge in [0.15, 0.2) is 17.5 Å². The molecule has 0 bridgehead atoms. The number of nitrogens with zero attached hydrogens (tertiary/aromatic N) is 6. The molecule has 1 atom stereocenters. The van der Waals surface area contributed by atoms with Gasteiger partial charge in [-0.15, -0.1) is 10.2 Å². The minimum Gasteiger partial charge on any atom is -0.459 e. The van der Waals surface area contributed by atoms with E-state index in [9.17, 15) is 4.79 Å². The molecule has 2 aromatic heterocycles. The van der Waals surface area contributed by atoms with Gasteiger partial charge in [0.2, 0.25) is 0 Å². The maximum absolute atomic E-state index is 12.5. The Hall–Kier alpha value is -2.88. The van der Waals surface area contributed by atoms with Crippen molar-refractivity contribution in [3.63, 3.8) is 0 Å². The lowest BCUT2D eigenvalue weighted by atomic mass is 10.2. The summed E-state index contributed by atoms with van der Waals surface area (Å²) >= 11 is 0. The van der Waals surface area contributed by atoms with E-state index in [0.717, 1.165) is 43.6 Å². The van der Waals surface area contributed by atoms with Gasteiger partial charge in [0, 0.05) is 46.4 Å². The molecule has 10 heteroatoms. The van der Waals surface area contributed by atoms with Crippen molar-refractivity contribution in [2.45, 2.75) is 32.4 Å². The largest absolute Gasteiger partial charge is 0.459 e. The van der Waals surface area contributed by atoms with E-state index in [0.29, 0.717) is 38.5 Å². The van der Waals surface area contributed by atoms with E-state index in [1.165, 1.54) is 6.26 Å². The van der Waals surface area contributed by atoms with Crippen LogP contribution in [0.4, 0.5) is 0 Å². The second-order valence-corrected chi connectivity index (χ2v) is 7.63. The third-order valence-corrected chi connectivity index (χ3v) is 5.66. The number of rotatable bonds is 5. The quantitative estimate of drug-likeness (QED) is 0.569. The van der Waals surface area contributed by atoms with Crippen LogP contribution in [0.25, 0.3) is 0 Å². The molecule has 2 fully saturated rings. The number of aromatic nitrogens is 3. The molecular formula is C20H29N7O3. The number of nitrogens with one attached hydrogen (secondary N) is 1. The molecular weight excluding hydrogens is 386 g/mol. The summed E-state index contributed by atoms with van der Waals surface area (Å²) in [5, 5.41) is 11.8. The number of ether oxygens (including phenoxy) is 1. The van der Waals surface area contributed by atoms with Crippen LogP contribution < -0.4 is 5.32 Å². The lowest BCUT2D eigenvalue weighted by Crippen LogP contribution is -2.54. The number of amides is 1. The second kappa shape index (κ2) is 9.29. The summed E-state index contributed by atoms with van der Waals surface area (Å²) < 4.78 is 12.9. The molecule has 1 unspecified atom stereocenters. The molecule has 2 saturated heterocycles. The first-order valence-electron chi connectivity index (χ1n) is 10.4. The summed E-state index contributed by atoms with van der Waals surface area (Å²) in [7, 11) is 1.94. The highest BCUT2D eigenvalue weighted by Crippen LogP contribution is 2.12. The number of carbonyl (C=O) groups excluding carboxylic acids is 1. The summed E-state index contributed by atoms with van der Waals surface area (Å²) in [4.78, 5) is 21.3. The zero-order valence-electron chi connectivity index (χ0n) is 17.6. The van der Waals surface area contributed by atoms with Crippen LogP contribution in [0.1, 0.15) is 35.0 Å². The summed E-state index contributed by atoms with van der Waals surface area (Å²) in [6, 6.07) is 3.44. The highest BCUT2D eigenvalue weighted by atomic mass is 16.5. The van der Waals surface area contributed by atoms with Crippen molar-refractivity contribution < 1.29 is 13.9 Å². The summed E-state index contributed by atoms with van der Waals surface area (Å²) in [6.07, 6.45) is 3.91. The zero-order chi connectivity index (χ0) is 20.9. The first-order valence-corrected chi connectivity index (χ1v) is 10.4. The smallest absolute Gasteiger partial charge is 0.289 e. The van der Waals surface area contributed by atoms with Crippen molar-refractivity contribution in [2.24, 2.45) is 12.0 Å². The normalized spacial score (nSPS) is 20.1. The van der Waals surface area contributed by atoms with Gasteiger partial charge >= 0.3 is 0 Å². The van der Waals surface area contributed by atoms with Gasteiger partial charge in [-0.1, -0.05) is 0 Å². The van der Waals surface area contributed by atoms with E-state index < -0.39 is 0 Å². The molecule has 4 heterocycles. The third kappa shape index (κ3) is 4.64. The minimum atomic E-state index is -0.0694. The van der Waals surface area contributed by atoms with Crippen molar-refractivity contribution in [3.05, 3.63) is 35.8 Å².